The van der Waals surface area contributed by atoms with Gasteiger partial charge in [-0.25, -0.2) is 4.79 Å². The van der Waals surface area contributed by atoms with Crippen LogP contribution in [0.2, 0.25) is 0 Å². The van der Waals surface area contributed by atoms with Crippen molar-refractivity contribution in [3.05, 3.63) is 64.2 Å². The summed E-state index contributed by atoms with van der Waals surface area (Å²) in [6.45, 7) is 7.10. The Morgan fingerprint density at radius 3 is 2.08 bits per heavy atom. The Hall–Kier alpha value is -2.95. The van der Waals surface area contributed by atoms with E-state index in [-0.39, 0.29) is 18.3 Å². The summed E-state index contributed by atoms with van der Waals surface area (Å²) in [5.74, 6) is -0.892. The van der Waals surface area contributed by atoms with E-state index in [4.69, 9.17) is 4.74 Å². The van der Waals surface area contributed by atoms with E-state index in [9.17, 15) is 14.4 Å². The number of rotatable bonds is 6. The van der Waals surface area contributed by atoms with Crippen LogP contribution >= 0.6 is 0 Å². The van der Waals surface area contributed by atoms with E-state index in [0.717, 1.165) is 16.7 Å². The molecule has 0 aliphatic carbocycles. The summed E-state index contributed by atoms with van der Waals surface area (Å²) in [5.41, 5.74) is 4.27. The van der Waals surface area contributed by atoms with E-state index in [1.165, 1.54) is 0 Å². The number of esters is 1. The van der Waals surface area contributed by atoms with Crippen LogP contribution in [0, 0.1) is 20.8 Å². The van der Waals surface area contributed by atoms with Gasteiger partial charge in [0, 0.05) is 17.7 Å². The topological polar surface area (TPSA) is 72.5 Å². The lowest BCUT2D eigenvalue weighted by atomic mass is 10.00. The van der Waals surface area contributed by atoms with Gasteiger partial charge in [-0.1, -0.05) is 24.6 Å². The molecule has 0 fully saturated rings. The van der Waals surface area contributed by atoms with Gasteiger partial charge in [-0.15, -0.1) is 0 Å². The smallest absolute Gasteiger partial charge is 0.339 e. The van der Waals surface area contributed by atoms with E-state index in [2.05, 4.69) is 5.32 Å². The molecule has 0 atom stereocenters. The first-order chi connectivity index (χ1) is 12.3. The molecule has 0 unspecified atom stereocenters. The molecule has 0 radical (unpaired) electrons. The van der Waals surface area contributed by atoms with Crippen molar-refractivity contribution in [2.45, 2.75) is 34.1 Å². The van der Waals surface area contributed by atoms with Gasteiger partial charge < -0.3 is 10.1 Å². The number of benzene rings is 2. The van der Waals surface area contributed by atoms with Crippen LogP contribution in [-0.4, -0.2) is 24.3 Å². The molecule has 1 amide bonds. The highest BCUT2D eigenvalue weighted by atomic mass is 16.5. The average Bonchev–Trinajstić information content (AvgIpc) is 2.59. The Morgan fingerprint density at radius 2 is 1.54 bits per heavy atom. The maximum Gasteiger partial charge on any atom is 0.339 e. The zero-order valence-corrected chi connectivity index (χ0v) is 15.5. The van der Waals surface area contributed by atoms with Gasteiger partial charge in [-0.2, -0.15) is 0 Å². The zero-order valence-electron chi connectivity index (χ0n) is 15.5. The van der Waals surface area contributed by atoms with Gasteiger partial charge in [0.2, 0.25) is 5.91 Å². The molecule has 0 bridgehead atoms. The molecule has 136 valence electrons. The molecule has 0 aliphatic heterocycles. The Bertz CT molecular complexity index is 815. The number of carbonyl (C=O) groups is 3. The zero-order chi connectivity index (χ0) is 19.3. The molecule has 0 aliphatic rings. The molecule has 1 N–H and O–H groups in total. The second kappa shape index (κ2) is 8.43. The van der Waals surface area contributed by atoms with Crippen LogP contribution in [0.1, 0.15) is 50.8 Å². The molecule has 0 heterocycles. The monoisotopic (exact) mass is 353 g/mol. The second-order valence-electron chi connectivity index (χ2n) is 6.25. The predicted molar refractivity (Wildman–Crippen MR) is 101 cm³/mol. The van der Waals surface area contributed by atoms with E-state index in [1.54, 1.807) is 31.2 Å². The third-order valence-electron chi connectivity index (χ3n) is 4.03. The van der Waals surface area contributed by atoms with E-state index < -0.39 is 5.97 Å². The Labute approximate surface area is 153 Å². The predicted octanol–water partition coefficient (Wildman–Crippen LogP) is 4.00. The van der Waals surface area contributed by atoms with Crippen molar-refractivity contribution in [2.24, 2.45) is 0 Å². The number of aryl methyl sites for hydroxylation is 3. The molecular weight excluding hydrogens is 330 g/mol. The molecular formula is C21H23NO4. The fourth-order valence-corrected chi connectivity index (χ4v) is 2.78. The number of ketones is 1. The van der Waals surface area contributed by atoms with Gasteiger partial charge in [0.15, 0.2) is 12.4 Å². The fraction of sp³-hybridized carbons (Fsp3) is 0.286. The quantitative estimate of drug-likeness (QED) is 0.629. The highest BCUT2D eigenvalue weighted by molar-refractivity contribution is 6.00. The fourth-order valence-electron chi connectivity index (χ4n) is 2.78. The largest absolute Gasteiger partial charge is 0.454 e. The number of anilines is 1. The molecule has 0 saturated carbocycles. The minimum absolute atomic E-state index is 0.0955. The maximum absolute atomic E-state index is 12.3. The standard InChI is InChI=1S/C21H23NO4/c1-5-19(24)22-17-8-6-16(7-9-17)18(23)12-26-21(25)20-14(3)10-13(2)11-15(20)4/h6-11H,5,12H2,1-4H3,(H,22,24). The summed E-state index contributed by atoms with van der Waals surface area (Å²) in [4.78, 5) is 35.9. The molecule has 2 rings (SSSR count). The van der Waals surface area contributed by atoms with Crippen molar-refractivity contribution in [1.29, 1.82) is 0 Å². The minimum Gasteiger partial charge on any atom is -0.454 e. The molecule has 2 aromatic carbocycles. The number of Topliss-reactive ketones (excluding diaryl/α,β-unsaturated/α-hetero) is 1. The highest BCUT2D eigenvalue weighted by Gasteiger charge is 2.16. The summed E-state index contributed by atoms with van der Waals surface area (Å²) in [5, 5.41) is 2.71. The number of carbonyl (C=O) groups excluding carboxylic acids is 3. The summed E-state index contributed by atoms with van der Waals surface area (Å²) < 4.78 is 5.20. The lowest BCUT2D eigenvalue weighted by molar-refractivity contribution is -0.115. The average molecular weight is 353 g/mol. The lowest BCUT2D eigenvalue weighted by Crippen LogP contribution is -2.16. The van der Waals surface area contributed by atoms with Crippen molar-refractivity contribution in [3.63, 3.8) is 0 Å². The third kappa shape index (κ3) is 4.79. The number of nitrogens with one attached hydrogen (secondary N) is 1. The van der Waals surface area contributed by atoms with Crippen LogP contribution in [0.25, 0.3) is 0 Å². The van der Waals surface area contributed by atoms with Gasteiger partial charge in [0.05, 0.1) is 5.56 Å². The Balaban J connectivity index is 2.00. The van der Waals surface area contributed by atoms with Crippen molar-refractivity contribution in [3.8, 4) is 0 Å². The SMILES string of the molecule is CCC(=O)Nc1ccc(C(=O)COC(=O)c2c(C)cc(C)cc2C)cc1. The van der Waals surface area contributed by atoms with Crippen LogP contribution in [0.5, 0.6) is 0 Å². The van der Waals surface area contributed by atoms with Crippen molar-refractivity contribution < 1.29 is 19.1 Å². The number of hydrogen-bond acceptors (Lipinski definition) is 4. The lowest BCUT2D eigenvalue weighted by Gasteiger charge is -2.11. The molecule has 0 aromatic heterocycles. The number of hydrogen-bond donors (Lipinski definition) is 1. The van der Waals surface area contributed by atoms with Crippen LogP contribution in [0.15, 0.2) is 36.4 Å². The van der Waals surface area contributed by atoms with Crippen molar-refractivity contribution in [2.75, 3.05) is 11.9 Å². The van der Waals surface area contributed by atoms with E-state index >= 15 is 0 Å². The van der Waals surface area contributed by atoms with Crippen LogP contribution in [0.4, 0.5) is 5.69 Å². The first-order valence-electron chi connectivity index (χ1n) is 8.50. The van der Waals surface area contributed by atoms with Crippen molar-refractivity contribution in [1.82, 2.24) is 0 Å². The summed E-state index contributed by atoms with van der Waals surface area (Å²) in [6.07, 6.45) is 0.383. The second-order valence-corrected chi connectivity index (χ2v) is 6.25. The Kier molecular flexibility index (Phi) is 6.28. The summed E-state index contributed by atoms with van der Waals surface area (Å²) in [7, 11) is 0. The van der Waals surface area contributed by atoms with Crippen LogP contribution < -0.4 is 5.32 Å². The molecule has 5 nitrogen and oxygen atoms in total. The van der Waals surface area contributed by atoms with E-state index in [0.29, 0.717) is 23.2 Å². The molecule has 2 aromatic rings. The molecule has 26 heavy (non-hydrogen) atoms. The number of amides is 1. The number of ether oxygens (including phenoxy) is 1. The van der Waals surface area contributed by atoms with Gasteiger partial charge in [-0.3, -0.25) is 9.59 Å². The van der Waals surface area contributed by atoms with Gasteiger partial charge >= 0.3 is 5.97 Å². The summed E-state index contributed by atoms with van der Waals surface area (Å²) >= 11 is 0. The maximum atomic E-state index is 12.3. The van der Waals surface area contributed by atoms with Gasteiger partial charge in [-0.05, 0) is 56.2 Å². The first-order valence-corrected chi connectivity index (χ1v) is 8.50. The molecule has 0 spiro atoms. The van der Waals surface area contributed by atoms with Crippen LogP contribution in [-0.2, 0) is 9.53 Å². The third-order valence-corrected chi connectivity index (χ3v) is 4.03. The van der Waals surface area contributed by atoms with Crippen LogP contribution in [0.3, 0.4) is 0 Å². The van der Waals surface area contributed by atoms with Gasteiger partial charge in [0.1, 0.15) is 0 Å². The van der Waals surface area contributed by atoms with E-state index in [1.807, 2.05) is 32.9 Å². The first kappa shape index (κ1) is 19.4. The minimum atomic E-state index is -0.500. The van der Waals surface area contributed by atoms with Crippen molar-refractivity contribution >= 4 is 23.3 Å². The summed E-state index contributed by atoms with van der Waals surface area (Å²) in [6, 6.07) is 10.3. The molecule has 5 heteroatoms. The normalized spacial score (nSPS) is 10.3. The molecule has 0 saturated heterocycles. The Morgan fingerprint density at radius 1 is 0.962 bits per heavy atom. The van der Waals surface area contributed by atoms with Gasteiger partial charge in [0.25, 0.3) is 0 Å². The highest BCUT2D eigenvalue weighted by Crippen LogP contribution is 2.18.